The molecule has 144 valence electrons. The van der Waals surface area contributed by atoms with Gasteiger partial charge in [-0.2, -0.15) is 0 Å². The molecule has 2 aromatic rings. The van der Waals surface area contributed by atoms with Gasteiger partial charge in [-0.15, -0.1) is 11.3 Å². The fraction of sp³-hybridized carbons (Fsp3) is 0.389. The van der Waals surface area contributed by atoms with Gasteiger partial charge in [-0.3, -0.25) is 10.1 Å². The Balaban J connectivity index is 1.47. The lowest BCUT2D eigenvalue weighted by molar-refractivity contribution is -0.134. The lowest BCUT2D eigenvalue weighted by atomic mass is 10.1. The molecular formula is C18H21FN4O3S. The highest BCUT2D eigenvalue weighted by molar-refractivity contribution is 7.13. The predicted octanol–water partition coefficient (Wildman–Crippen LogP) is 2.60. The molecule has 2 heterocycles. The van der Waals surface area contributed by atoms with Gasteiger partial charge in [0.05, 0.1) is 24.8 Å². The van der Waals surface area contributed by atoms with Gasteiger partial charge >= 0.3 is 6.03 Å². The van der Waals surface area contributed by atoms with E-state index in [4.69, 9.17) is 4.74 Å². The summed E-state index contributed by atoms with van der Waals surface area (Å²) in [6, 6.07) is 5.61. The first-order chi connectivity index (χ1) is 13.0. The van der Waals surface area contributed by atoms with Crippen LogP contribution in [0.15, 0.2) is 29.6 Å². The predicted molar refractivity (Wildman–Crippen MR) is 99.8 cm³/mol. The van der Waals surface area contributed by atoms with Crippen LogP contribution in [0.4, 0.5) is 14.3 Å². The molecule has 0 aliphatic carbocycles. The Kier molecular flexibility index (Phi) is 6.36. The number of amides is 3. The molecule has 1 aromatic heterocycles. The molecule has 9 heteroatoms. The number of urea groups is 1. The smallest absolute Gasteiger partial charge is 0.321 e. The Morgan fingerprint density at radius 1 is 1.44 bits per heavy atom. The van der Waals surface area contributed by atoms with E-state index in [0.29, 0.717) is 36.1 Å². The molecular weight excluding hydrogens is 371 g/mol. The molecule has 3 amide bonds. The molecule has 1 aliphatic heterocycles. The van der Waals surface area contributed by atoms with Gasteiger partial charge in [0.25, 0.3) is 0 Å². The Hall–Kier alpha value is -2.52. The molecule has 1 aromatic carbocycles. The third kappa shape index (κ3) is 5.48. The summed E-state index contributed by atoms with van der Waals surface area (Å²) in [5.41, 5.74) is 1.37. The number of rotatable bonds is 6. The topological polar surface area (TPSA) is 83.6 Å². The average Bonchev–Trinajstić information content (AvgIpc) is 3.31. The number of thiazole rings is 1. The zero-order valence-electron chi connectivity index (χ0n) is 14.9. The highest BCUT2D eigenvalue weighted by atomic mass is 32.1. The average molecular weight is 392 g/mol. The first-order valence-corrected chi connectivity index (χ1v) is 9.45. The van der Waals surface area contributed by atoms with E-state index in [1.807, 2.05) is 0 Å². The Labute approximate surface area is 160 Å². The van der Waals surface area contributed by atoms with Crippen molar-refractivity contribution < 1.29 is 18.7 Å². The molecule has 0 radical (unpaired) electrons. The molecule has 1 fully saturated rings. The Morgan fingerprint density at radius 2 is 2.30 bits per heavy atom. The van der Waals surface area contributed by atoms with Crippen molar-refractivity contribution in [2.45, 2.75) is 19.5 Å². The summed E-state index contributed by atoms with van der Waals surface area (Å²) in [5.74, 6) is -0.384. The minimum absolute atomic E-state index is 0.0443. The van der Waals surface area contributed by atoms with Crippen LogP contribution in [0.25, 0.3) is 0 Å². The molecule has 0 spiro atoms. The van der Waals surface area contributed by atoms with Gasteiger partial charge in [0.15, 0.2) is 5.13 Å². The lowest BCUT2D eigenvalue weighted by Crippen LogP contribution is -2.32. The van der Waals surface area contributed by atoms with Crippen molar-refractivity contribution in [1.29, 1.82) is 0 Å². The number of benzene rings is 1. The number of carbonyl (C=O) groups is 2. The zero-order valence-corrected chi connectivity index (χ0v) is 15.7. The molecule has 0 saturated carbocycles. The zero-order chi connectivity index (χ0) is 19.2. The molecule has 27 heavy (non-hydrogen) atoms. The summed E-state index contributed by atoms with van der Waals surface area (Å²) >= 11 is 1.28. The van der Waals surface area contributed by atoms with Gasteiger partial charge in [-0.05, 0) is 24.1 Å². The highest BCUT2D eigenvalue weighted by Gasteiger charge is 2.26. The van der Waals surface area contributed by atoms with Gasteiger partial charge < -0.3 is 15.0 Å². The second-order valence-electron chi connectivity index (χ2n) is 6.34. The first-order valence-electron chi connectivity index (χ1n) is 8.57. The van der Waals surface area contributed by atoms with E-state index in [1.165, 1.54) is 23.5 Å². The molecule has 1 saturated heterocycles. The number of hydrogen-bond acceptors (Lipinski definition) is 5. The van der Waals surface area contributed by atoms with Crippen LogP contribution in [0.1, 0.15) is 17.7 Å². The van der Waals surface area contributed by atoms with Crippen molar-refractivity contribution in [2.24, 2.45) is 5.92 Å². The Morgan fingerprint density at radius 3 is 3.04 bits per heavy atom. The molecule has 0 bridgehead atoms. The standard InChI is InChI=1S/C18H21FN4O3S/c1-23(16(24)13-5-6-26-10-13)9-15-11-27-18(21-15)22-17(25)20-8-12-3-2-4-14(19)7-12/h2-4,7,11,13H,5-6,8-10H2,1H3,(H2,20,21,22,25). The van der Waals surface area contributed by atoms with Gasteiger partial charge in [0, 0.05) is 25.6 Å². The second-order valence-corrected chi connectivity index (χ2v) is 7.19. The monoisotopic (exact) mass is 392 g/mol. The van der Waals surface area contributed by atoms with Crippen LogP contribution in [0.5, 0.6) is 0 Å². The number of anilines is 1. The van der Waals surface area contributed by atoms with E-state index in [0.717, 1.165) is 6.42 Å². The van der Waals surface area contributed by atoms with Gasteiger partial charge in [-0.25, -0.2) is 14.2 Å². The van der Waals surface area contributed by atoms with Crippen LogP contribution in [0, 0.1) is 11.7 Å². The van der Waals surface area contributed by atoms with Crippen molar-refractivity contribution in [1.82, 2.24) is 15.2 Å². The van der Waals surface area contributed by atoms with Crippen molar-refractivity contribution in [3.05, 3.63) is 46.7 Å². The third-order valence-electron chi connectivity index (χ3n) is 4.17. The molecule has 7 nitrogen and oxygen atoms in total. The van der Waals surface area contributed by atoms with Crippen molar-refractivity contribution in [3.8, 4) is 0 Å². The van der Waals surface area contributed by atoms with Crippen LogP contribution in [0.2, 0.25) is 0 Å². The van der Waals surface area contributed by atoms with Crippen LogP contribution in [-0.4, -0.2) is 42.1 Å². The summed E-state index contributed by atoms with van der Waals surface area (Å²) < 4.78 is 18.4. The van der Waals surface area contributed by atoms with Crippen LogP contribution < -0.4 is 10.6 Å². The maximum absolute atomic E-state index is 13.1. The number of hydrogen-bond donors (Lipinski definition) is 2. The second kappa shape index (κ2) is 8.92. The molecule has 1 atom stereocenters. The van der Waals surface area contributed by atoms with E-state index in [9.17, 15) is 14.0 Å². The summed E-state index contributed by atoms with van der Waals surface area (Å²) in [4.78, 5) is 30.2. The minimum atomic E-state index is -0.423. The third-order valence-corrected chi connectivity index (χ3v) is 4.98. The van der Waals surface area contributed by atoms with Crippen molar-refractivity contribution >= 4 is 28.4 Å². The summed E-state index contributed by atoms with van der Waals surface area (Å²) in [5, 5.41) is 7.54. The molecule has 2 N–H and O–H groups in total. The number of ether oxygens (including phenoxy) is 1. The SMILES string of the molecule is CN(Cc1csc(NC(=O)NCc2cccc(F)c2)n1)C(=O)C1CCOC1. The largest absolute Gasteiger partial charge is 0.381 e. The van der Waals surface area contributed by atoms with E-state index < -0.39 is 6.03 Å². The van der Waals surface area contributed by atoms with E-state index in [-0.39, 0.29) is 24.2 Å². The number of nitrogens with one attached hydrogen (secondary N) is 2. The van der Waals surface area contributed by atoms with Gasteiger partial charge in [0.1, 0.15) is 5.82 Å². The van der Waals surface area contributed by atoms with Crippen molar-refractivity contribution in [2.75, 3.05) is 25.6 Å². The van der Waals surface area contributed by atoms with E-state index in [2.05, 4.69) is 15.6 Å². The molecule has 3 rings (SSSR count). The number of aromatic nitrogens is 1. The fourth-order valence-electron chi connectivity index (χ4n) is 2.77. The first kappa shape index (κ1) is 19.2. The van der Waals surface area contributed by atoms with Crippen LogP contribution in [0.3, 0.4) is 0 Å². The maximum atomic E-state index is 13.1. The molecule has 1 unspecified atom stereocenters. The Bertz CT molecular complexity index is 807. The summed E-state index contributed by atoms with van der Waals surface area (Å²) in [6.45, 7) is 1.68. The fourth-order valence-corrected chi connectivity index (χ4v) is 3.47. The number of nitrogens with zero attached hydrogens (tertiary/aromatic N) is 2. The molecule has 1 aliphatic rings. The van der Waals surface area contributed by atoms with Crippen LogP contribution >= 0.6 is 11.3 Å². The van der Waals surface area contributed by atoms with E-state index in [1.54, 1.807) is 29.5 Å². The quantitative estimate of drug-likeness (QED) is 0.792. The number of carbonyl (C=O) groups excluding carboxylic acids is 2. The van der Waals surface area contributed by atoms with E-state index >= 15 is 0 Å². The van der Waals surface area contributed by atoms with Gasteiger partial charge in [-0.1, -0.05) is 12.1 Å². The van der Waals surface area contributed by atoms with Crippen LogP contribution in [-0.2, 0) is 22.6 Å². The highest BCUT2D eigenvalue weighted by Crippen LogP contribution is 2.19. The maximum Gasteiger partial charge on any atom is 0.321 e. The van der Waals surface area contributed by atoms with Gasteiger partial charge in [0.2, 0.25) is 5.91 Å². The minimum Gasteiger partial charge on any atom is -0.381 e. The summed E-state index contributed by atoms with van der Waals surface area (Å²) in [7, 11) is 1.73. The lowest BCUT2D eigenvalue weighted by Gasteiger charge is -2.19. The normalized spacial score (nSPS) is 16.1. The summed E-state index contributed by atoms with van der Waals surface area (Å²) in [6.07, 6.45) is 0.749. The van der Waals surface area contributed by atoms with Crippen molar-refractivity contribution in [3.63, 3.8) is 0 Å². The number of halogens is 1.